The summed E-state index contributed by atoms with van der Waals surface area (Å²) >= 11 is 12.3. The third kappa shape index (κ3) is 5.01. The zero-order valence-corrected chi connectivity index (χ0v) is 22.9. The van der Waals surface area contributed by atoms with Crippen LogP contribution in [0.25, 0.3) is 0 Å². The number of nitrogens with one attached hydrogen (secondary N) is 2. The number of nitrogens with zero attached hydrogens (tertiary/aromatic N) is 2. The first kappa shape index (κ1) is 25.8. The van der Waals surface area contributed by atoms with Gasteiger partial charge < -0.3 is 5.32 Å². The first-order valence-corrected chi connectivity index (χ1v) is 14.7. The topological polar surface area (TPSA) is 91.4 Å². The lowest BCUT2D eigenvalue weighted by Gasteiger charge is -2.68. The minimum Gasteiger partial charge on any atom is -0.307 e. The lowest BCUT2D eigenvalue weighted by atomic mass is 9.66. The summed E-state index contributed by atoms with van der Waals surface area (Å²) in [6.45, 7) is 0.709. The summed E-state index contributed by atoms with van der Waals surface area (Å²) in [5.74, 6) is -0.0329. The fourth-order valence-electron chi connectivity index (χ4n) is 5.47. The third-order valence-corrected chi connectivity index (χ3v) is 9.63. The van der Waals surface area contributed by atoms with Gasteiger partial charge in [0.2, 0.25) is 10.0 Å². The molecule has 4 aromatic rings. The van der Waals surface area contributed by atoms with Gasteiger partial charge in [0.05, 0.1) is 0 Å². The van der Waals surface area contributed by atoms with Crippen molar-refractivity contribution in [2.24, 2.45) is 5.92 Å². The second-order valence-electron chi connectivity index (χ2n) is 9.72. The molecule has 1 amide bonds. The normalized spacial score (nSPS) is 21.5. The molecule has 3 fully saturated rings. The molecule has 2 N–H and O–H groups in total. The number of anilines is 2. The average Bonchev–Trinajstić information content (AvgIpc) is 2.87. The number of carbonyl (C=O) groups is 1. The second-order valence-corrected chi connectivity index (χ2v) is 12.4. The highest BCUT2D eigenvalue weighted by Crippen LogP contribution is 2.54. The summed E-state index contributed by atoms with van der Waals surface area (Å²) in [5.41, 5.74) is 2.79. The Morgan fingerprint density at radius 1 is 0.897 bits per heavy atom. The van der Waals surface area contributed by atoms with E-state index >= 15 is 0 Å². The molecule has 0 spiro atoms. The van der Waals surface area contributed by atoms with Crippen LogP contribution in [-0.4, -0.2) is 42.2 Å². The van der Waals surface area contributed by atoms with Crippen molar-refractivity contribution >= 4 is 50.6 Å². The van der Waals surface area contributed by atoms with Crippen LogP contribution in [0.15, 0.2) is 97.2 Å². The van der Waals surface area contributed by atoms with Gasteiger partial charge in [-0.15, -0.1) is 0 Å². The van der Waals surface area contributed by atoms with Crippen LogP contribution in [0.3, 0.4) is 0 Å². The average molecular weight is 580 g/mol. The summed E-state index contributed by atoms with van der Waals surface area (Å²) in [5, 5.41) is 3.36. The first-order valence-electron chi connectivity index (χ1n) is 12.4. The molecule has 3 aliphatic heterocycles. The Balaban J connectivity index is 1.19. The second kappa shape index (κ2) is 10.3. The Hall–Kier alpha value is -3.43. The molecule has 4 heterocycles. The highest BCUT2D eigenvalue weighted by atomic mass is 35.5. The van der Waals surface area contributed by atoms with E-state index in [-0.39, 0.29) is 23.8 Å². The van der Waals surface area contributed by atoms with E-state index in [1.807, 2.05) is 53.4 Å². The van der Waals surface area contributed by atoms with Crippen LogP contribution in [0, 0.1) is 5.92 Å². The summed E-state index contributed by atoms with van der Waals surface area (Å²) in [4.78, 5) is 18.8. The van der Waals surface area contributed by atoms with Crippen molar-refractivity contribution in [2.75, 3.05) is 16.6 Å². The maximum absolute atomic E-state index is 13.4. The summed E-state index contributed by atoms with van der Waals surface area (Å²) in [6.07, 6.45) is 1.58. The SMILES string of the molecule is O=C(Nc1ccccn1)c1cccc(NS(=O)(=O)C2C3CN2C3C(c2ccc(Cl)cc2)c2ccc(Cl)cc2)c1. The van der Waals surface area contributed by atoms with Crippen molar-refractivity contribution in [3.8, 4) is 0 Å². The van der Waals surface area contributed by atoms with Gasteiger partial charge in [0.1, 0.15) is 11.2 Å². The van der Waals surface area contributed by atoms with Crippen molar-refractivity contribution in [1.82, 2.24) is 9.88 Å². The largest absolute Gasteiger partial charge is 0.307 e. The molecule has 4 atom stereocenters. The van der Waals surface area contributed by atoms with E-state index in [4.69, 9.17) is 23.2 Å². The maximum atomic E-state index is 13.4. The number of halogens is 2. The predicted octanol–water partition coefficient (Wildman–Crippen LogP) is 5.85. The quantitative estimate of drug-likeness (QED) is 0.273. The number of benzene rings is 3. The Morgan fingerprint density at radius 3 is 2.10 bits per heavy atom. The van der Waals surface area contributed by atoms with E-state index in [0.717, 1.165) is 11.1 Å². The molecule has 3 aliphatic rings. The number of hydrogen-bond acceptors (Lipinski definition) is 5. The molecule has 7 nitrogen and oxygen atoms in total. The van der Waals surface area contributed by atoms with Crippen molar-refractivity contribution in [3.63, 3.8) is 0 Å². The van der Waals surface area contributed by atoms with Crippen LogP contribution in [0.2, 0.25) is 10.0 Å². The number of pyridine rings is 1. The van der Waals surface area contributed by atoms with E-state index < -0.39 is 15.4 Å². The van der Waals surface area contributed by atoms with E-state index in [9.17, 15) is 13.2 Å². The molecule has 39 heavy (non-hydrogen) atoms. The molecular weight excluding hydrogens is 555 g/mol. The van der Waals surface area contributed by atoms with Gasteiger partial charge in [-0.1, -0.05) is 59.6 Å². The zero-order chi connectivity index (χ0) is 27.1. The molecule has 0 radical (unpaired) electrons. The Morgan fingerprint density at radius 2 is 1.54 bits per heavy atom. The predicted molar refractivity (Wildman–Crippen MR) is 154 cm³/mol. The number of amides is 1. The Bertz CT molecular complexity index is 1560. The summed E-state index contributed by atoms with van der Waals surface area (Å²) in [6, 6.07) is 27.0. The molecule has 4 unspecified atom stereocenters. The molecule has 2 bridgehead atoms. The van der Waals surface area contributed by atoms with E-state index in [0.29, 0.717) is 33.7 Å². The third-order valence-electron chi connectivity index (χ3n) is 7.35. The molecule has 3 aromatic carbocycles. The van der Waals surface area contributed by atoms with Gasteiger partial charge in [0, 0.05) is 51.9 Å². The van der Waals surface area contributed by atoms with Crippen molar-refractivity contribution in [1.29, 1.82) is 0 Å². The Kier molecular flexibility index (Phi) is 6.81. The van der Waals surface area contributed by atoms with Gasteiger partial charge in [0.25, 0.3) is 5.91 Å². The van der Waals surface area contributed by atoms with Crippen molar-refractivity contribution in [3.05, 3.63) is 124 Å². The van der Waals surface area contributed by atoms with Crippen LogP contribution >= 0.6 is 23.2 Å². The highest BCUT2D eigenvalue weighted by Gasteiger charge is 2.67. The highest BCUT2D eigenvalue weighted by molar-refractivity contribution is 7.93. The summed E-state index contributed by atoms with van der Waals surface area (Å²) in [7, 11) is -3.73. The van der Waals surface area contributed by atoms with Gasteiger partial charge in [-0.3, -0.25) is 14.4 Å². The van der Waals surface area contributed by atoms with Gasteiger partial charge >= 0.3 is 0 Å². The number of sulfonamides is 1. The van der Waals surface area contributed by atoms with Gasteiger partial charge in [-0.05, 0) is 65.7 Å². The number of aromatic nitrogens is 1. The van der Waals surface area contributed by atoms with Crippen LogP contribution in [-0.2, 0) is 10.0 Å². The van der Waals surface area contributed by atoms with Crippen molar-refractivity contribution in [2.45, 2.75) is 17.3 Å². The van der Waals surface area contributed by atoms with Gasteiger partial charge in [-0.25, -0.2) is 13.4 Å². The van der Waals surface area contributed by atoms with E-state index in [1.165, 1.54) is 6.07 Å². The van der Waals surface area contributed by atoms with E-state index in [1.54, 1.807) is 42.6 Å². The van der Waals surface area contributed by atoms with Crippen LogP contribution < -0.4 is 10.0 Å². The number of rotatable bonds is 8. The monoisotopic (exact) mass is 578 g/mol. The molecular formula is C29H24Cl2N4O3S. The molecule has 7 rings (SSSR count). The number of carbonyl (C=O) groups excluding carboxylic acids is 1. The molecule has 3 saturated heterocycles. The van der Waals surface area contributed by atoms with Crippen LogP contribution in [0.4, 0.5) is 11.5 Å². The molecule has 198 valence electrons. The maximum Gasteiger partial charge on any atom is 0.256 e. The summed E-state index contributed by atoms with van der Waals surface area (Å²) < 4.78 is 29.5. The van der Waals surface area contributed by atoms with Crippen molar-refractivity contribution < 1.29 is 13.2 Å². The van der Waals surface area contributed by atoms with Crippen LogP contribution in [0.5, 0.6) is 0 Å². The molecule has 0 aliphatic carbocycles. The minimum absolute atomic E-state index is 0.0247. The van der Waals surface area contributed by atoms with Gasteiger partial charge in [0.15, 0.2) is 0 Å². The Labute approximate surface area is 236 Å². The number of hydrogen-bond donors (Lipinski definition) is 2. The fraction of sp³-hybridized carbons (Fsp3) is 0.172. The minimum atomic E-state index is -3.73. The molecule has 10 heteroatoms. The first-order chi connectivity index (χ1) is 18.8. The van der Waals surface area contributed by atoms with Crippen LogP contribution in [0.1, 0.15) is 27.4 Å². The smallest absolute Gasteiger partial charge is 0.256 e. The molecule has 0 saturated carbocycles. The standard InChI is InChI=1S/C29H24Cl2N4O3S/c30-21-11-7-18(8-12-21)26(19-9-13-22(31)14-10-19)27-24-17-35(27)29(24)39(37,38)34-23-5-3-4-20(16-23)28(36)33-25-6-1-2-15-32-25/h1-16,24,26-27,29,34H,17H2,(H,32,33,36). The van der Waals surface area contributed by atoms with E-state index in [2.05, 4.69) is 15.0 Å². The van der Waals surface area contributed by atoms with Gasteiger partial charge in [-0.2, -0.15) is 0 Å². The fourth-order valence-corrected chi connectivity index (χ4v) is 7.59. The lowest BCUT2D eigenvalue weighted by Crippen LogP contribution is -2.82. The molecule has 1 aromatic heterocycles. The zero-order valence-electron chi connectivity index (χ0n) is 20.5. The lowest BCUT2D eigenvalue weighted by molar-refractivity contribution is -0.152.